The molecule has 1 aliphatic rings. The van der Waals surface area contributed by atoms with Crippen LogP contribution in [0.1, 0.15) is 19.8 Å². The van der Waals surface area contributed by atoms with Gasteiger partial charge in [0.1, 0.15) is 6.54 Å². The minimum Gasteiger partial charge on any atom is -0.337 e. The van der Waals surface area contributed by atoms with Gasteiger partial charge in [-0.15, -0.1) is 12.4 Å². The lowest BCUT2D eigenvalue weighted by molar-refractivity contribution is -0.136. The fourth-order valence-electron chi connectivity index (χ4n) is 2.64. The Kier molecular flexibility index (Phi) is 6.83. The summed E-state index contributed by atoms with van der Waals surface area (Å²) in [6.45, 7) is 3.12. The number of aromatic nitrogens is 2. The minimum atomic E-state index is -0.591. The van der Waals surface area contributed by atoms with E-state index in [2.05, 4.69) is 27.8 Å². The van der Waals surface area contributed by atoms with Gasteiger partial charge >= 0.3 is 5.69 Å². The summed E-state index contributed by atoms with van der Waals surface area (Å²) >= 11 is 3.05. The smallest absolute Gasteiger partial charge is 0.328 e. The highest BCUT2D eigenvalue weighted by Gasteiger charge is 2.29. The summed E-state index contributed by atoms with van der Waals surface area (Å²) in [5.41, 5.74) is 4.65. The van der Waals surface area contributed by atoms with E-state index in [0.29, 0.717) is 19.0 Å². The Morgan fingerprint density at radius 2 is 2.18 bits per heavy atom. The topological polar surface area (TPSA) is 101 Å². The number of carbonyl (C=O) groups is 1. The van der Waals surface area contributed by atoms with Crippen molar-refractivity contribution in [3.63, 3.8) is 0 Å². The molecule has 7 nitrogen and oxygen atoms in total. The Morgan fingerprint density at radius 3 is 2.82 bits per heavy atom. The third kappa shape index (κ3) is 4.21. The maximum atomic E-state index is 12.4. The molecule has 1 aromatic heterocycles. The van der Waals surface area contributed by atoms with E-state index in [1.807, 2.05) is 0 Å². The lowest BCUT2D eigenvalue weighted by Crippen LogP contribution is -2.51. The van der Waals surface area contributed by atoms with Crippen molar-refractivity contribution in [1.82, 2.24) is 14.5 Å². The second-order valence-corrected chi connectivity index (χ2v) is 6.32. The molecule has 2 unspecified atom stereocenters. The Bertz CT molecular complexity index is 645. The lowest BCUT2D eigenvalue weighted by atomic mass is 9.92. The molecule has 2 rings (SSSR count). The van der Waals surface area contributed by atoms with Gasteiger partial charge in [0.2, 0.25) is 5.91 Å². The van der Waals surface area contributed by atoms with Gasteiger partial charge in [-0.1, -0.05) is 6.92 Å². The van der Waals surface area contributed by atoms with Crippen LogP contribution in [-0.2, 0) is 11.3 Å². The zero-order chi connectivity index (χ0) is 15.6. The number of hydrogen-bond donors (Lipinski definition) is 2. The number of amides is 1. The second kappa shape index (κ2) is 7.94. The highest BCUT2D eigenvalue weighted by atomic mass is 79.9. The average Bonchev–Trinajstić information content (AvgIpc) is 2.44. The maximum absolute atomic E-state index is 12.4. The van der Waals surface area contributed by atoms with Gasteiger partial charge in [0.05, 0.1) is 4.47 Å². The molecule has 0 bridgehead atoms. The number of nitrogens with two attached hydrogens (primary N) is 1. The van der Waals surface area contributed by atoms with Gasteiger partial charge < -0.3 is 10.6 Å². The van der Waals surface area contributed by atoms with Crippen LogP contribution in [0, 0.1) is 5.92 Å². The number of nitrogens with one attached hydrogen (secondary N) is 1. The van der Waals surface area contributed by atoms with Gasteiger partial charge in [0.15, 0.2) is 0 Å². The van der Waals surface area contributed by atoms with E-state index in [4.69, 9.17) is 5.73 Å². The molecule has 1 fully saturated rings. The molecule has 2 atom stereocenters. The van der Waals surface area contributed by atoms with Crippen molar-refractivity contribution in [2.24, 2.45) is 11.7 Å². The van der Waals surface area contributed by atoms with Crippen LogP contribution in [0.5, 0.6) is 0 Å². The maximum Gasteiger partial charge on any atom is 0.328 e. The first kappa shape index (κ1) is 18.9. The fraction of sp³-hybridized carbons (Fsp3) is 0.615. The zero-order valence-corrected chi connectivity index (χ0v) is 14.7. The summed E-state index contributed by atoms with van der Waals surface area (Å²) in [4.78, 5) is 39.3. The number of aromatic amines is 1. The first-order valence-electron chi connectivity index (χ1n) is 6.91. The third-order valence-corrected chi connectivity index (χ3v) is 4.41. The number of hydrogen-bond acceptors (Lipinski definition) is 4. The summed E-state index contributed by atoms with van der Waals surface area (Å²) in [6, 6.07) is 0.0168. The van der Waals surface area contributed by atoms with E-state index < -0.39 is 11.2 Å². The third-order valence-electron chi connectivity index (χ3n) is 3.84. The number of nitrogens with zero attached hydrogens (tertiary/aromatic N) is 2. The molecule has 0 spiro atoms. The van der Waals surface area contributed by atoms with E-state index in [9.17, 15) is 14.4 Å². The molecule has 1 aliphatic heterocycles. The Balaban J connectivity index is 0.00000242. The summed E-state index contributed by atoms with van der Waals surface area (Å²) in [6.07, 6.45) is 3.15. The highest BCUT2D eigenvalue weighted by Crippen LogP contribution is 2.22. The van der Waals surface area contributed by atoms with Crippen molar-refractivity contribution in [3.8, 4) is 0 Å². The Morgan fingerprint density at radius 1 is 1.50 bits per heavy atom. The van der Waals surface area contributed by atoms with Gasteiger partial charge in [-0.2, -0.15) is 0 Å². The van der Waals surface area contributed by atoms with Gasteiger partial charge in [-0.25, -0.2) is 4.79 Å². The fourth-order valence-corrected chi connectivity index (χ4v) is 2.99. The molecule has 0 saturated carbocycles. The standard InChI is InChI=1S/C13H19BrN4O3.ClH/c1-8-2-3-18(9(4-8)5-15)11(19)7-17-6-10(14)12(20)16-13(17)21;/h6,8-9H,2-5,7,15H2,1H3,(H,16,20,21);1H. The zero-order valence-electron chi connectivity index (χ0n) is 12.3. The molecule has 124 valence electrons. The SMILES string of the molecule is CC1CCN(C(=O)Cn2cc(Br)c(=O)[nH]c2=O)C(CN)C1.Cl. The van der Waals surface area contributed by atoms with Crippen LogP contribution in [0.3, 0.4) is 0 Å². The van der Waals surface area contributed by atoms with Crippen molar-refractivity contribution >= 4 is 34.2 Å². The summed E-state index contributed by atoms with van der Waals surface area (Å²) in [5.74, 6) is 0.394. The lowest BCUT2D eigenvalue weighted by Gasteiger charge is -2.38. The molecular formula is C13H20BrClN4O3. The monoisotopic (exact) mass is 394 g/mol. The van der Waals surface area contributed by atoms with Crippen molar-refractivity contribution < 1.29 is 4.79 Å². The van der Waals surface area contributed by atoms with E-state index in [1.54, 1.807) is 4.90 Å². The van der Waals surface area contributed by atoms with Crippen molar-refractivity contribution in [2.75, 3.05) is 13.1 Å². The highest BCUT2D eigenvalue weighted by molar-refractivity contribution is 9.10. The molecule has 1 aromatic rings. The van der Waals surface area contributed by atoms with E-state index in [1.165, 1.54) is 10.8 Å². The molecule has 3 N–H and O–H groups in total. The normalized spacial score (nSPS) is 21.3. The number of carbonyl (C=O) groups excluding carboxylic acids is 1. The van der Waals surface area contributed by atoms with E-state index in [0.717, 1.165) is 12.8 Å². The molecule has 0 aromatic carbocycles. The molecule has 1 amide bonds. The predicted octanol–water partition coefficient (Wildman–Crippen LogP) is 0.307. The number of piperidine rings is 1. The van der Waals surface area contributed by atoms with Crippen LogP contribution in [0.2, 0.25) is 0 Å². The van der Waals surface area contributed by atoms with Crippen LogP contribution in [-0.4, -0.2) is 39.5 Å². The van der Waals surface area contributed by atoms with Crippen molar-refractivity contribution in [1.29, 1.82) is 0 Å². The summed E-state index contributed by atoms with van der Waals surface area (Å²) in [5, 5.41) is 0. The predicted molar refractivity (Wildman–Crippen MR) is 89.2 cm³/mol. The average molecular weight is 396 g/mol. The molecule has 0 radical (unpaired) electrons. The van der Waals surface area contributed by atoms with Gasteiger partial charge in [0, 0.05) is 25.3 Å². The first-order chi connectivity index (χ1) is 9.92. The van der Waals surface area contributed by atoms with Crippen LogP contribution in [0.15, 0.2) is 20.3 Å². The number of halogens is 2. The van der Waals surface area contributed by atoms with Crippen molar-refractivity contribution in [3.05, 3.63) is 31.5 Å². The van der Waals surface area contributed by atoms with Crippen LogP contribution >= 0.6 is 28.3 Å². The largest absolute Gasteiger partial charge is 0.337 e. The molecule has 22 heavy (non-hydrogen) atoms. The number of likely N-dealkylation sites (tertiary alicyclic amines) is 1. The molecule has 2 heterocycles. The minimum absolute atomic E-state index is 0. The van der Waals surface area contributed by atoms with Crippen molar-refractivity contribution in [2.45, 2.75) is 32.4 Å². The van der Waals surface area contributed by atoms with Gasteiger partial charge in [-0.3, -0.25) is 19.1 Å². The Hall–Kier alpha value is -1.12. The molecule has 1 saturated heterocycles. The second-order valence-electron chi connectivity index (χ2n) is 5.47. The van der Waals surface area contributed by atoms with Gasteiger partial charge in [0.25, 0.3) is 5.56 Å². The molecule has 9 heteroatoms. The molecular weight excluding hydrogens is 376 g/mol. The van der Waals surface area contributed by atoms with E-state index in [-0.39, 0.29) is 35.4 Å². The first-order valence-corrected chi connectivity index (χ1v) is 7.70. The van der Waals surface area contributed by atoms with Crippen LogP contribution < -0.4 is 17.0 Å². The molecule has 0 aliphatic carbocycles. The number of H-pyrrole nitrogens is 1. The summed E-state index contributed by atoms with van der Waals surface area (Å²) < 4.78 is 1.41. The van der Waals surface area contributed by atoms with Crippen LogP contribution in [0.4, 0.5) is 0 Å². The van der Waals surface area contributed by atoms with Gasteiger partial charge in [-0.05, 0) is 34.7 Å². The quantitative estimate of drug-likeness (QED) is 0.769. The number of rotatable bonds is 3. The Labute approximate surface area is 142 Å². The van der Waals surface area contributed by atoms with Crippen LogP contribution in [0.25, 0.3) is 0 Å². The summed E-state index contributed by atoms with van der Waals surface area (Å²) in [7, 11) is 0. The van der Waals surface area contributed by atoms with E-state index >= 15 is 0 Å².